The van der Waals surface area contributed by atoms with Gasteiger partial charge in [-0.25, -0.2) is 4.79 Å². The normalized spacial score (nSPS) is 41.4. The Labute approximate surface area is 77.4 Å². The highest BCUT2D eigenvalue weighted by molar-refractivity contribution is 5.81. The van der Waals surface area contributed by atoms with Gasteiger partial charge in [0, 0.05) is 6.54 Å². The summed E-state index contributed by atoms with van der Waals surface area (Å²) >= 11 is 0. The third kappa shape index (κ3) is 1.16. The zero-order chi connectivity index (χ0) is 9.47. The first kappa shape index (κ1) is 8.97. The number of hydrogen-bond acceptors (Lipinski definition) is 4. The Kier molecular flexibility index (Phi) is 2.04. The number of hydrogen-bond donors (Lipinski definition) is 1. The molecule has 3 rings (SSSR count). The summed E-state index contributed by atoms with van der Waals surface area (Å²) in [6, 6.07) is 0. The minimum absolute atomic E-state index is 0.0735. The van der Waals surface area contributed by atoms with Crippen LogP contribution in [-0.4, -0.2) is 30.8 Å². The van der Waals surface area contributed by atoms with Crippen LogP contribution >= 0.6 is 0 Å². The van der Waals surface area contributed by atoms with Gasteiger partial charge in [-0.2, -0.15) is 0 Å². The summed E-state index contributed by atoms with van der Waals surface area (Å²) in [6.45, 7) is 2.73. The molecular weight excluding hydrogens is 170 g/mol. The summed E-state index contributed by atoms with van der Waals surface area (Å²) in [5.74, 6) is 0.275. The summed E-state index contributed by atoms with van der Waals surface area (Å²) in [7, 11) is 0. The van der Waals surface area contributed by atoms with Gasteiger partial charge in [0.05, 0.1) is 12.7 Å². The number of carbonyl (C=O) groups is 1. The van der Waals surface area contributed by atoms with Gasteiger partial charge < -0.3 is 15.2 Å². The summed E-state index contributed by atoms with van der Waals surface area (Å²) in [4.78, 5) is 11.5. The average molecular weight is 185 g/mol. The van der Waals surface area contributed by atoms with Crippen molar-refractivity contribution in [2.75, 3.05) is 13.2 Å². The van der Waals surface area contributed by atoms with Gasteiger partial charge in [0.1, 0.15) is 0 Å². The fourth-order valence-corrected chi connectivity index (χ4v) is 2.25. The number of fused-ring (bicyclic) bond motifs is 1. The lowest BCUT2D eigenvalue weighted by Gasteiger charge is -2.32. The molecule has 1 unspecified atom stereocenters. The van der Waals surface area contributed by atoms with Crippen molar-refractivity contribution in [2.24, 2.45) is 11.7 Å². The lowest BCUT2D eigenvalue weighted by Crippen LogP contribution is -2.45. The first-order valence-electron chi connectivity index (χ1n) is 4.77. The molecule has 74 valence electrons. The van der Waals surface area contributed by atoms with E-state index in [0.717, 1.165) is 12.8 Å². The Morgan fingerprint density at radius 3 is 2.85 bits per heavy atom. The van der Waals surface area contributed by atoms with E-state index in [0.29, 0.717) is 19.1 Å². The highest BCUT2D eigenvalue weighted by Crippen LogP contribution is 2.52. The first-order chi connectivity index (χ1) is 6.22. The van der Waals surface area contributed by atoms with Crippen LogP contribution in [0.1, 0.15) is 19.8 Å². The minimum atomic E-state index is -0.620. The SMILES string of the molecule is CCOC(=O)C12CC(C1)C(CN)O2. The fraction of sp³-hybridized carbons (Fsp3) is 0.889. The molecule has 1 aliphatic carbocycles. The Morgan fingerprint density at radius 2 is 2.38 bits per heavy atom. The van der Waals surface area contributed by atoms with Crippen molar-refractivity contribution in [3.8, 4) is 0 Å². The van der Waals surface area contributed by atoms with Crippen molar-refractivity contribution in [2.45, 2.75) is 31.5 Å². The molecule has 0 aromatic carbocycles. The molecule has 2 bridgehead atoms. The van der Waals surface area contributed by atoms with E-state index in [4.69, 9.17) is 15.2 Å². The van der Waals surface area contributed by atoms with Gasteiger partial charge in [-0.3, -0.25) is 0 Å². The van der Waals surface area contributed by atoms with Crippen molar-refractivity contribution in [1.82, 2.24) is 0 Å². The third-order valence-electron chi connectivity index (χ3n) is 2.97. The predicted molar refractivity (Wildman–Crippen MR) is 46.0 cm³/mol. The summed E-state index contributed by atoms with van der Waals surface area (Å²) < 4.78 is 10.5. The average Bonchev–Trinajstić information content (AvgIpc) is 2.57. The van der Waals surface area contributed by atoms with Crippen molar-refractivity contribution >= 4 is 5.97 Å². The van der Waals surface area contributed by atoms with E-state index in [1.165, 1.54) is 0 Å². The van der Waals surface area contributed by atoms with Gasteiger partial charge in [0.2, 0.25) is 0 Å². The molecule has 4 heteroatoms. The molecule has 0 amide bonds. The second-order valence-electron chi connectivity index (χ2n) is 3.78. The highest BCUT2D eigenvalue weighted by Gasteiger charge is 2.62. The molecule has 2 saturated heterocycles. The van der Waals surface area contributed by atoms with Crippen molar-refractivity contribution < 1.29 is 14.3 Å². The maximum Gasteiger partial charge on any atom is 0.338 e. The second kappa shape index (κ2) is 2.96. The van der Waals surface area contributed by atoms with E-state index in [1.54, 1.807) is 6.92 Å². The molecule has 1 atom stereocenters. The predicted octanol–water partition coefficient (Wildman–Crippen LogP) is 0.0558. The van der Waals surface area contributed by atoms with Crippen LogP contribution in [0.25, 0.3) is 0 Å². The molecule has 0 aromatic heterocycles. The van der Waals surface area contributed by atoms with Crippen LogP contribution in [0.4, 0.5) is 0 Å². The Hall–Kier alpha value is -0.610. The number of carbonyl (C=O) groups excluding carboxylic acids is 1. The molecular formula is C9H15NO3. The molecule has 0 aromatic rings. The van der Waals surface area contributed by atoms with E-state index < -0.39 is 5.60 Å². The molecule has 3 fully saturated rings. The van der Waals surface area contributed by atoms with E-state index in [-0.39, 0.29) is 12.1 Å². The molecule has 0 radical (unpaired) electrons. The van der Waals surface area contributed by atoms with E-state index >= 15 is 0 Å². The second-order valence-corrected chi connectivity index (χ2v) is 3.78. The summed E-state index contributed by atoms with van der Waals surface area (Å²) in [6.07, 6.45) is 1.67. The van der Waals surface area contributed by atoms with Crippen LogP contribution in [0.2, 0.25) is 0 Å². The van der Waals surface area contributed by atoms with Crippen molar-refractivity contribution in [3.63, 3.8) is 0 Å². The zero-order valence-electron chi connectivity index (χ0n) is 7.79. The number of rotatable bonds is 3. The van der Waals surface area contributed by atoms with E-state index in [9.17, 15) is 4.79 Å². The van der Waals surface area contributed by atoms with Crippen molar-refractivity contribution in [3.05, 3.63) is 0 Å². The minimum Gasteiger partial charge on any atom is -0.464 e. The van der Waals surface area contributed by atoms with E-state index in [2.05, 4.69) is 0 Å². The van der Waals surface area contributed by atoms with Crippen LogP contribution in [0.15, 0.2) is 0 Å². The van der Waals surface area contributed by atoms with Gasteiger partial charge >= 0.3 is 5.97 Å². The molecule has 1 saturated carbocycles. The smallest absolute Gasteiger partial charge is 0.338 e. The van der Waals surface area contributed by atoms with Gasteiger partial charge in [-0.15, -0.1) is 0 Å². The maximum absolute atomic E-state index is 11.5. The maximum atomic E-state index is 11.5. The quantitative estimate of drug-likeness (QED) is 0.631. The zero-order valence-corrected chi connectivity index (χ0v) is 7.79. The largest absolute Gasteiger partial charge is 0.464 e. The highest BCUT2D eigenvalue weighted by atomic mass is 16.6. The van der Waals surface area contributed by atoms with Gasteiger partial charge in [0.25, 0.3) is 0 Å². The Morgan fingerprint density at radius 1 is 1.69 bits per heavy atom. The van der Waals surface area contributed by atoms with Gasteiger partial charge in [0.15, 0.2) is 5.60 Å². The number of ether oxygens (including phenoxy) is 2. The summed E-state index contributed by atoms with van der Waals surface area (Å²) in [5.41, 5.74) is 4.89. The Balaban J connectivity index is 1.99. The summed E-state index contributed by atoms with van der Waals surface area (Å²) in [5, 5.41) is 0. The van der Waals surface area contributed by atoms with Crippen LogP contribution in [0.5, 0.6) is 0 Å². The van der Waals surface area contributed by atoms with Crippen molar-refractivity contribution in [1.29, 1.82) is 0 Å². The molecule has 2 heterocycles. The molecule has 2 aliphatic heterocycles. The fourth-order valence-electron chi connectivity index (χ4n) is 2.25. The lowest BCUT2D eigenvalue weighted by molar-refractivity contribution is -0.170. The van der Waals surface area contributed by atoms with Gasteiger partial charge in [-0.05, 0) is 25.7 Å². The standard InChI is InChI=1S/C9H15NO3/c1-2-12-8(11)9-3-6(4-9)7(5-10)13-9/h6-7H,2-5,10H2,1H3. The monoisotopic (exact) mass is 185 g/mol. The molecule has 0 spiro atoms. The molecule has 2 N–H and O–H groups in total. The van der Waals surface area contributed by atoms with Crippen LogP contribution in [-0.2, 0) is 14.3 Å². The molecule has 13 heavy (non-hydrogen) atoms. The first-order valence-corrected chi connectivity index (χ1v) is 4.77. The third-order valence-corrected chi connectivity index (χ3v) is 2.97. The topological polar surface area (TPSA) is 61.5 Å². The molecule has 3 aliphatic rings. The van der Waals surface area contributed by atoms with Crippen LogP contribution in [0, 0.1) is 5.92 Å². The van der Waals surface area contributed by atoms with Crippen LogP contribution < -0.4 is 5.73 Å². The lowest BCUT2D eigenvalue weighted by atomic mass is 9.72. The Bertz CT molecular complexity index is 223. The number of esters is 1. The van der Waals surface area contributed by atoms with Gasteiger partial charge in [-0.1, -0.05) is 0 Å². The number of nitrogens with two attached hydrogens (primary N) is 1. The van der Waals surface area contributed by atoms with Crippen LogP contribution in [0.3, 0.4) is 0 Å². The van der Waals surface area contributed by atoms with E-state index in [1.807, 2.05) is 0 Å². The molecule has 4 nitrogen and oxygen atoms in total.